The van der Waals surface area contributed by atoms with Gasteiger partial charge in [0.15, 0.2) is 0 Å². The summed E-state index contributed by atoms with van der Waals surface area (Å²) in [7, 11) is 0. The molecular weight excluding hydrogens is 312 g/mol. The van der Waals surface area contributed by atoms with Gasteiger partial charge in [-0.05, 0) is 62.0 Å². The number of fused-ring (bicyclic) bond motifs is 1. The number of anilines is 1. The Morgan fingerprint density at radius 2 is 1.76 bits per heavy atom. The van der Waals surface area contributed by atoms with E-state index >= 15 is 0 Å². The smallest absolute Gasteiger partial charge is 0.317 e. The second-order valence-electron chi connectivity index (χ2n) is 8.01. The number of hydrogen-bond acceptors (Lipinski definition) is 3. The number of urea groups is 1. The molecule has 2 atom stereocenters. The molecule has 0 spiro atoms. The second-order valence-corrected chi connectivity index (χ2v) is 8.01. The lowest BCUT2D eigenvalue weighted by molar-refractivity contribution is 0.204. The number of piperidine rings is 1. The highest BCUT2D eigenvalue weighted by atomic mass is 16.2. The van der Waals surface area contributed by atoms with Crippen molar-refractivity contribution < 1.29 is 4.79 Å². The summed E-state index contributed by atoms with van der Waals surface area (Å²) in [6, 6.07) is 4.35. The summed E-state index contributed by atoms with van der Waals surface area (Å²) in [5, 5.41) is 3.17. The Kier molecular flexibility index (Phi) is 5.09. The van der Waals surface area contributed by atoms with E-state index in [2.05, 4.69) is 32.2 Å². The van der Waals surface area contributed by atoms with Gasteiger partial charge in [0.1, 0.15) is 0 Å². The standard InChI is InChI=1S/C20H30N4O/c25-20(24-14-17-2-1-3-18(17)15-24)22-11-4-16-7-12-23(13-8-16)19-5-9-21-10-6-19/h5-6,9-10,16-18H,1-4,7-8,11-15H2,(H,22,25)/t17-,18+. The van der Waals surface area contributed by atoms with Crippen LogP contribution >= 0.6 is 0 Å². The van der Waals surface area contributed by atoms with Crippen LogP contribution in [0.15, 0.2) is 24.5 Å². The summed E-state index contributed by atoms with van der Waals surface area (Å²) >= 11 is 0. The van der Waals surface area contributed by atoms with Gasteiger partial charge in [0, 0.05) is 50.8 Å². The molecule has 25 heavy (non-hydrogen) atoms. The molecule has 0 bridgehead atoms. The van der Waals surface area contributed by atoms with Gasteiger partial charge < -0.3 is 15.1 Å². The van der Waals surface area contributed by atoms with Crippen LogP contribution in [0.5, 0.6) is 0 Å². The van der Waals surface area contributed by atoms with Crippen LogP contribution in [0.25, 0.3) is 0 Å². The molecule has 136 valence electrons. The first-order chi connectivity index (χ1) is 12.3. The van der Waals surface area contributed by atoms with Crippen molar-refractivity contribution in [1.29, 1.82) is 0 Å². The number of likely N-dealkylation sites (tertiary alicyclic amines) is 1. The van der Waals surface area contributed by atoms with Crippen LogP contribution in [0.1, 0.15) is 38.5 Å². The number of rotatable bonds is 4. The van der Waals surface area contributed by atoms with Gasteiger partial charge in [0.05, 0.1) is 0 Å². The van der Waals surface area contributed by atoms with E-state index in [1.165, 1.54) is 37.8 Å². The minimum absolute atomic E-state index is 0.170. The molecule has 3 fully saturated rings. The van der Waals surface area contributed by atoms with Crippen molar-refractivity contribution in [2.45, 2.75) is 38.5 Å². The molecule has 1 aromatic heterocycles. The third kappa shape index (κ3) is 3.91. The van der Waals surface area contributed by atoms with Crippen molar-refractivity contribution in [3.8, 4) is 0 Å². The first-order valence-electron chi connectivity index (χ1n) is 9.97. The molecule has 0 radical (unpaired) electrons. The Labute approximate surface area is 150 Å². The van der Waals surface area contributed by atoms with E-state index in [1.54, 1.807) is 0 Å². The van der Waals surface area contributed by atoms with Gasteiger partial charge in [-0.3, -0.25) is 4.98 Å². The average Bonchev–Trinajstić information content (AvgIpc) is 3.25. The minimum Gasteiger partial charge on any atom is -0.371 e. The summed E-state index contributed by atoms with van der Waals surface area (Å²) < 4.78 is 0. The highest BCUT2D eigenvalue weighted by Gasteiger charge is 2.37. The van der Waals surface area contributed by atoms with E-state index in [1.807, 2.05) is 12.4 Å². The number of carbonyl (C=O) groups excluding carboxylic acids is 1. The molecule has 3 aliphatic rings. The summed E-state index contributed by atoms with van der Waals surface area (Å²) in [4.78, 5) is 20.9. The third-order valence-corrected chi connectivity index (χ3v) is 6.48. The Morgan fingerprint density at radius 1 is 1.08 bits per heavy atom. The summed E-state index contributed by atoms with van der Waals surface area (Å²) in [5.41, 5.74) is 1.28. The Morgan fingerprint density at radius 3 is 2.44 bits per heavy atom. The highest BCUT2D eigenvalue weighted by molar-refractivity contribution is 5.74. The van der Waals surface area contributed by atoms with Crippen molar-refractivity contribution in [1.82, 2.24) is 15.2 Å². The van der Waals surface area contributed by atoms with Crippen LogP contribution < -0.4 is 10.2 Å². The highest BCUT2D eigenvalue weighted by Crippen LogP contribution is 2.37. The maximum absolute atomic E-state index is 12.4. The fraction of sp³-hybridized carbons (Fsp3) is 0.700. The largest absolute Gasteiger partial charge is 0.371 e. The molecule has 4 rings (SSSR count). The van der Waals surface area contributed by atoms with Crippen LogP contribution in [-0.4, -0.2) is 48.6 Å². The molecule has 5 nitrogen and oxygen atoms in total. The number of hydrogen-bond donors (Lipinski definition) is 1. The monoisotopic (exact) mass is 342 g/mol. The van der Waals surface area contributed by atoms with E-state index in [0.717, 1.165) is 56.9 Å². The van der Waals surface area contributed by atoms with Crippen molar-refractivity contribution in [3.05, 3.63) is 24.5 Å². The van der Waals surface area contributed by atoms with E-state index in [9.17, 15) is 4.79 Å². The predicted molar refractivity (Wildman–Crippen MR) is 99.6 cm³/mol. The minimum atomic E-state index is 0.170. The van der Waals surface area contributed by atoms with Gasteiger partial charge in [0.2, 0.25) is 0 Å². The van der Waals surface area contributed by atoms with Crippen LogP contribution in [0.4, 0.5) is 10.5 Å². The number of nitrogens with one attached hydrogen (secondary N) is 1. The lowest BCUT2D eigenvalue weighted by Crippen LogP contribution is -2.40. The van der Waals surface area contributed by atoms with E-state index in [-0.39, 0.29) is 6.03 Å². The van der Waals surface area contributed by atoms with Crippen LogP contribution in [0, 0.1) is 17.8 Å². The van der Waals surface area contributed by atoms with E-state index in [4.69, 9.17) is 0 Å². The zero-order valence-electron chi connectivity index (χ0n) is 15.1. The van der Waals surface area contributed by atoms with Gasteiger partial charge in [-0.15, -0.1) is 0 Å². The summed E-state index contributed by atoms with van der Waals surface area (Å²) in [6.07, 6.45) is 11.3. The zero-order chi connectivity index (χ0) is 17.1. The van der Waals surface area contributed by atoms with E-state index < -0.39 is 0 Å². The normalized spacial score (nSPS) is 26.7. The molecule has 3 heterocycles. The molecule has 1 N–H and O–H groups in total. The SMILES string of the molecule is O=C(NCCC1CCN(c2ccncc2)CC1)N1C[C@H]2CCC[C@H]2C1. The number of pyridine rings is 1. The lowest BCUT2D eigenvalue weighted by atomic mass is 9.93. The zero-order valence-corrected chi connectivity index (χ0v) is 15.1. The van der Waals surface area contributed by atoms with Crippen molar-refractivity contribution in [3.63, 3.8) is 0 Å². The van der Waals surface area contributed by atoms with Gasteiger partial charge in [-0.25, -0.2) is 4.79 Å². The van der Waals surface area contributed by atoms with Crippen LogP contribution in [-0.2, 0) is 0 Å². The molecule has 2 saturated heterocycles. The molecular formula is C20H30N4O. The third-order valence-electron chi connectivity index (χ3n) is 6.48. The number of aromatic nitrogens is 1. The van der Waals surface area contributed by atoms with Crippen LogP contribution in [0.3, 0.4) is 0 Å². The molecule has 0 unspecified atom stereocenters. The number of nitrogens with zero attached hydrogens (tertiary/aromatic N) is 3. The molecule has 2 aliphatic heterocycles. The quantitative estimate of drug-likeness (QED) is 0.914. The van der Waals surface area contributed by atoms with Crippen molar-refractivity contribution in [2.75, 3.05) is 37.6 Å². The van der Waals surface area contributed by atoms with Crippen molar-refractivity contribution >= 4 is 11.7 Å². The summed E-state index contributed by atoms with van der Waals surface area (Å²) in [6.45, 7) is 5.02. The molecule has 1 saturated carbocycles. The fourth-order valence-corrected chi connectivity index (χ4v) is 4.93. The summed E-state index contributed by atoms with van der Waals surface area (Å²) in [5.74, 6) is 2.29. The van der Waals surface area contributed by atoms with Gasteiger partial charge in [0.25, 0.3) is 0 Å². The Balaban J connectivity index is 1.15. The maximum Gasteiger partial charge on any atom is 0.317 e. The molecule has 1 aliphatic carbocycles. The molecule has 0 aromatic carbocycles. The second kappa shape index (κ2) is 7.63. The molecule has 5 heteroatoms. The van der Waals surface area contributed by atoms with Gasteiger partial charge >= 0.3 is 6.03 Å². The van der Waals surface area contributed by atoms with Gasteiger partial charge in [-0.2, -0.15) is 0 Å². The first-order valence-corrected chi connectivity index (χ1v) is 9.97. The molecule has 1 aromatic rings. The number of amides is 2. The first kappa shape index (κ1) is 16.7. The predicted octanol–water partition coefficient (Wildman–Crippen LogP) is 3.13. The topological polar surface area (TPSA) is 48.5 Å². The maximum atomic E-state index is 12.4. The van der Waals surface area contributed by atoms with Crippen molar-refractivity contribution in [2.24, 2.45) is 17.8 Å². The van der Waals surface area contributed by atoms with Crippen LogP contribution in [0.2, 0.25) is 0 Å². The Bertz CT molecular complexity index is 558. The van der Waals surface area contributed by atoms with Gasteiger partial charge in [-0.1, -0.05) is 6.42 Å². The average molecular weight is 342 g/mol. The Hall–Kier alpha value is -1.78. The van der Waals surface area contributed by atoms with E-state index in [0.29, 0.717) is 0 Å². The fourth-order valence-electron chi connectivity index (χ4n) is 4.93. The lowest BCUT2D eigenvalue weighted by Gasteiger charge is -2.33. The number of carbonyl (C=O) groups is 1. The molecule has 2 amide bonds.